The number of thiophene rings is 1. The summed E-state index contributed by atoms with van der Waals surface area (Å²) in [5, 5.41) is 3.87. The molecule has 0 saturated carbocycles. The van der Waals surface area contributed by atoms with Crippen LogP contribution in [0.3, 0.4) is 0 Å². The van der Waals surface area contributed by atoms with Crippen LogP contribution < -0.4 is 10.2 Å². The fourth-order valence-corrected chi connectivity index (χ4v) is 4.38. The standard InChI is InChI=1S/C22H24N2O6S/c1-3-29-22(28)23-18(25)13-30-21(27)16-10-11-19(26)24(15-8-6-14(2)7-9-15)20(16)17-5-4-12-31-17/h4-9,12,16,20H,3,10-11,13H2,1-2H3,(H,23,25,28)/t16-,20+/m0/s1. The van der Waals surface area contributed by atoms with Crippen LogP contribution in [0.25, 0.3) is 0 Å². The summed E-state index contributed by atoms with van der Waals surface area (Å²) in [5.41, 5.74) is 1.76. The number of anilines is 1. The Morgan fingerprint density at radius 3 is 2.55 bits per heavy atom. The molecule has 2 atom stereocenters. The quantitative estimate of drug-likeness (QED) is 0.686. The number of amides is 3. The van der Waals surface area contributed by atoms with Crippen LogP contribution in [0, 0.1) is 12.8 Å². The number of benzene rings is 1. The molecule has 1 aromatic carbocycles. The van der Waals surface area contributed by atoms with Crippen molar-refractivity contribution >= 4 is 40.9 Å². The number of hydrogen-bond donors (Lipinski definition) is 1. The fraction of sp³-hybridized carbons (Fsp3) is 0.364. The van der Waals surface area contributed by atoms with Crippen molar-refractivity contribution in [3.05, 3.63) is 52.2 Å². The van der Waals surface area contributed by atoms with Crippen LogP contribution in [-0.2, 0) is 23.9 Å². The summed E-state index contributed by atoms with van der Waals surface area (Å²) >= 11 is 1.45. The number of rotatable bonds is 6. The van der Waals surface area contributed by atoms with Gasteiger partial charge in [0.1, 0.15) is 0 Å². The van der Waals surface area contributed by atoms with Crippen molar-refractivity contribution in [1.82, 2.24) is 5.32 Å². The molecular weight excluding hydrogens is 420 g/mol. The molecule has 0 radical (unpaired) electrons. The van der Waals surface area contributed by atoms with E-state index >= 15 is 0 Å². The van der Waals surface area contributed by atoms with Crippen molar-refractivity contribution in [1.29, 1.82) is 0 Å². The summed E-state index contributed by atoms with van der Waals surface area (Å²) in [6, 6.07) is 10.7. The van der Waals surface area contributed by atoms with Crippen LogP contribution in [-0.4, -0.2) is 37.1 Å². The molecule has 0 spiro atoms. The lowest BCUT2D eigenvalue weighted by Crippen LogP contribution is -2.46. The van der Waals surface area contributed by atoms with E-state index in [0.29, 0.717) is 12.1 Å². The van der Waals surface area contributed by atoms with E-state index in [1.54, 1.807) is 11.8 Å². The SMILES string of the molecule is CCOC(=O)NC(=O)COC(=O)[C@H]1CCC(=O)N(c2ccc(C)cc2)[C@H]1c1cccs1. The first kappa shape index (κ1) is 22.5. The van der Waals surface area contributed by atoms with E-state index in [0.717, 1.165) is 10.4 Å². The molecule has 1 saturated heterocycles. The first-order chi connectivity index (χ1) is 14.9. The number of nitrogens with zero attached hydrogens (tertiary/aromatic N) is 1. The molecule has 3 amide bonds. The van der Waals surface area contributed by atoms with E-state index in [4.69, 9.17) is 4.74 Å². The number of aryl methyl sites for hydroxylation is 1. The normalized spacial score (nSPS) is 18.4. The molecule has 31 heavy (non-hydrogen) atoms. The van der Waals surface area contributed by atoms with Crippen molar-refractivity contribution in [2.24, 2.45) is 5.92 Å². The molecule has 2 aromatic rings. The molecule has 0 unspecified atom stereocenters. The summed E-state index contributed by atoms with van der Waals surface area (Å²) in [6.45, 7) is 3.08. The second-order valence-corrected chi connectivity index (χ2v) is 8.06. The van der Waals surface area contributed by atoms with Gasteiger partial charge in [0.15, 0.2) is 6.61 Å². The Labute approximate surface area is 184 Å². The third kappa shape index (κ3) is 5.49. The molecule has 3 rings (SSSR count). The number of hydrogen-bond acceptors (Lipinski definition) is 7. The lowest BCUT2D eigenvalue weighted by molar-refractivity contribution is -0.154. The molecule has 1 aliphatic rings. The van der Waals surface area contributed by atoms with Gasteiger partial charge in [-0.1, -0.05) is 23.8 Å². The Kier molecular flexibility index (Phi) is 7.41. The first-order valence-corrected chi connectivity index (χ1v) is 10.8. The minimum absolute atomic E-state index is 0.0774. The Morgan fingerprint density at radius 2 is 1.90 bits per heavy atom. The van der Waals surface area contributed by atoms with Crippen molar-refractivity contribution in [2.75, 3.05) is 18.1 Å². The molecule has 0 bridgehead atoms. The maximum atomic E-state index is 12.9. The number of piperidine rings is 1. The average molecular weight is 445 g/mol. The van der Waals surface area contributed by atoms with Gasteiger partial charge in [-0.3, -0.25) is 19.7 Å². The van der Waals surface area contributed by atoms with Crippen LogP contribution >= 0.6 is 11.3 Å². The van der Waals surface area contributed by atoms with Gasteiger partial charge in [0.25, 0.3) is 5.91 Å². The zero-order valence-corrected chi connectivity index (χ0v) is 18.1. The number of carbonyl (C=O) groups excluding carboxylic acids is 4. The second-order valence-electron chi connectivity index (χ2n) is 7.08. The van der Waals surface area contributed by atoms with E-state index in [-0.39, 0.29) is 18.9 Å². The van der Waals surface area contributed by atoms with Gasteiger partial charge >= 0.3 is 12.1 Å². The molecule has 1 N–H and O–H groups in total. The average Bonchev–Trinajstić information content (AvgIpc) is 3.27. The van der Waals surface area contributed by atoms with Crippen molar-refractivity contribution < 1.29 is 28.7 Å². The summed E-state index contributed by atoms with van der Waals surface area (Å²) in [5.74, 6) is -2.09. The van der Waals surface area contributed by atoms with Gasteiger partial charge in [-0.25, -0.2) is 4.79 Å². The Hall–Kier alpha value is -3.20. The first-order valence-electron chi connectivity index (χ1n) is 9.96. The molecule has 1 aromatic heterocycles. The number of nitrogens with one attached hydrogen (secondary N) is 1. The Morgan fingerprint density at radius 1 is 1.16 bits per heavy atom. The highest BCUT2D eigenvalue weighted by molar-refractivity contribution is 7.10. The minimum atomic E-state index is -0.895. The predicted molar refractivity (Wildman–Crippen MR) is 115 cm³/mol. The maximum Gasteiger partial charge on any atom is 0.413 e. The lowest BCUT2D eigenvalue weighted by Gasteiger charge is -2.39. The highest BCUT2D eigenvalue weighted by Gasteiger charge is 2.43. The Balaban J connectivity index is 1.79. The van der Waals surface area contributed by atoms with E-state index in [2.05, 4.69) is 4.74 Å². The van der Waals surface area contributed by atoms with Gasteiger partial charge in [-0.15, -0.1) is 11.3 Å². The smallest absolute Gasteiger partial charge is 0.413 e. The molecule has 1 aliphatic heterocycles. The van der Waals surface area contributed by atoms with Crippen LogP contribution in [0.2, 0.25) is 0 Å². The molecule has 0 aliphatic carbocycles. The van der Waals surface area contributed by atoms with Gasteiger partial charge < -0.3 is 14.4 Å². The van der Waals surface area contributed by atoms with E-state index < -0.39 is 36.5 Å². The van der Waals surface area contributed by atoms with Crippen molar-refractivity contribution in [2.45, 2.75) is 32.7 Å². The molecular formula is C22H24N2O6S. The highest BCUT2D eigenvalue weighted by Crippen LogP contribution is 2.42. The zero-order chi connectivity index (χ0) is 22.4. The van der Waals surface area contributed by atoms with Gasteiger partial charge in [-0.2, -0.15) is 0 Å². The second kappa shape index (κ2) is 10.2. The van der Waals surface area contributed by atoms with Gasteiger partial charge in [0.05, 0.1) is 18.6 Å². The summed E-state index contributed by atoms with van der Waals surface area (Å²) < 4.78 is 9.83. The van der Waals surface area contributed by atoms with Crippen molar-refractivity contribution in [3.8, 4) is 0 Å². The lowest BCUT2D eigenvalue weighted by atomic mass is 9.87. The van der Waals surface area contributed by atoms with Crippen LogP contribution in [0.15, 0.2) is 41.8 Å². The molecule has 8 nitrogen and oxygen atoms in total. The van der Waals surface area contributed by atoms with E-state index in [1.165, 1.54) is 11.3 Å². The topological polar surface area (TPSA) is 102 Å². The largest absolute Gasteiger partial charge is 0.455 e. The summed E-state index contributed by atoms with van der Waals surface area (Å²) in [6.07, 6.45) is -0.402. The molecule has 1 fully saturated rings. The molecule has 164 valence electrons. The highest BCUT2D eigenvalue weighted by atomic mass is 32.1. The third-order valence-corrected chi connectivity index (χ3v) is 5.85. The number of esters is 1. The number of ether oxygens (including phenoxy) is 2. The zero-order valence-electron chi connectivity index (χ0n) is 17.3. The number of imide groups is 1. The van der Waals surface area contributed by atoms with Crippen LogP contribution in [0.4, 0.5) is 10.5 Å². The summed E-state index contributed by atoms with van der Waals surface area (Å²) in [4.78, 5) is 51.4. The predicted octanol–water partition coefficient (Wildman–Crippen LogP) is 3.36. The number of alkyl carbamates (subject to hydrolysis) is 1. The fourth-order valence-electron chi connectivity index (χ4n) is 3.49. The minimum Gasteiger partial charge on any atom is -0.455 e. The van der Waals surface area contributed by atoms with Crippen LogP contribution in [0.1, 0.15) is 36.2 Å². The molecule has 2 heterocycles. The van der Waals surface area contributed by atoms with Crippen molar-refractivity contribution in [3.63, 3.8) is 0 Å². The van der Waals surface area contributed by atoms with Crippen LogP contribution in [0.5, 0.6) is 0 Å². The van der Waals surface area contributed by atoms with Gasteiger partial charge in [-0.05, 0) is 43.8 Å². The monoisotopic (exact) mass is 444 g/mol. The van der Waals surface area contributed by atoms with Gasteiger partial charge in [0.2, 0.25) is 5.91 Å². The van der Waals surface area contributed by atoms with E-state index in [9.17, 15) is 19.2 Å². The van der Waals surface area contributed by atoms with E-state index in [1.807, 2.05) is 54.0 Å². The Bertz CT molecular complexity index is 941. The molecule has 9 heteroatoms. The number of carbonyl (C=O) groups is 4. The third-order valence-electron chi connectivity index (χ3n) is 4.91. The van der Waals surface area contributed by atoms with Gasteiger partial charge in [0, 0.05) is 17.0 Å². The summed E-state index contributed by atoms with van der Waals surface area (Å²) in [7, 11) is 0. The maximum absolute atomic E-state index is 12.9.